The van der Waals surface area contributed by atoms with Crippen LogP contribution in [0.5, 0.6) is 5.75 Å². The first-order valence-corrected chi connectivity index (χ1v) is 6.96. The van der Waals surface area contributed by atoms with Crippen molar-refractivity contribution in [2.75, 3.05) is 25.4 Å². The van der Waals surface area contributed by atoms with Crippen LogP contribution in [0.2, 0.25) is 0 Å². The Morgan fingerprint density at radius 3 is 2.72 bits per heavy atom. The molecule has 1 aliphatic rings. The van der Waals surface area contributed by atoms with Crippen molar-refractivity contribution in [3.05, 3.63) is 23.8 Å². The van der Waals surface area contributed by atoms with Gasteiger partial charge in [0, 0.05) is 24.3 Å². The van der Waals surface area contributed by atoms with Crippen LogP contribution in [0.25, 0.3) is 0 Å². The SMILES string of the molecule is CCOc1ccc(N)cc1CN(CC)CC1CC1. The van der Waals surface area contributed by atoms with Crippen LogP contribution >= 0.6 is 0 Å². The van der Waals surface area contributed by atoms with E-state index in [1.807, 2.05) is 25.1 Å². The lowest BCUT2D eigenvalue weighted by molar-refractivity contribution is 0.260. The molecular formula is C15H24N2O. The molecule has 3 heteroatoms. The Bertz CT molecular complexity index is 388. The highest BCUT2D eigenvalue weighted by Crippen LogP contribution is 2.31. The molecule has 0 radical (unpaired) electrons. The van der Waals surface area contributed by atoms with Gasteiger partial charge in [0.2, 0.25) is 0 Å². The maximum Gasteiger partial charge on any atom is 0.123 e. The minimum Gasteiger partial charge on any atom is -0.494 e. The molecule has 0 unspecified atom stereocenters. The van der Waals surface area contributed by atoms with Crippen molar-refractivity contribution in [1.82, 2.24) is 4.90 Å². The third kappa shape index (κ3) is 3.64. The molecule has 0 heterocycles. The number of hydrogen-bond donors (Lipinski definition) is 1. The van der Waals surface area contributed by atoms with E-state index in [1.165, 1.54) is 24.9 Å². The Balaban J connectivity index is 2.06. The van der Waals surface area contributed by atoms with Gasteiger partial charge in [0.15, 0.2) is 0 Å². The zero-order chi connectivity index (χ0) is 13.0. The average Bonchev–Trinajstić information content (AvgIpc) is 3.16. The van der Waals surface area contributed by atoms with Crippen LogP contribution in [0, 0.1) is 5.92 Å². The van der Waals surface area contributed by atoms with Crippen LogP contribution in [-0.4, -0.2) is 24.6 Å². The first kappa shape index (κ1) is 13.2. The van der Waals surface area contributed by atoms with Gasteiger partial charge in [-0.1, -0.05) is 6.92 Å². The number of ether oxygens (including phenoxy) is 1. The van der Waals surface area contributed by atoms with Crippen molar-refractivity contribution in [1.29, 1.82) is 0 Å². The van der Waals surface area contributed by atoms with Crippen molar-refractivity contribution < 1.29 is 4.74 Å². The summed E-state index contributed by atoms with van der Waals surface area (Å²) in [6.45, 7) is 8.16. The van der Waals surface area contributed by atoms with Crippen molar-refractivity contribution in [3.63, 3.8) is 0 Å². The highest BCUT2D eigenvalue weighted by molar-refractivity contribution is 5.47. The molecule has 1 aliphatic carbocycles. The van der Waals surface area contributed by atoms with Gasteiger partial charge in [-0.25, -0.2) is 0 Å². The molecule has 1 aromatic rings. The third-order valence-corrected chi connectivity index (χ3v) is 3.44. The first-order chi connectivity index (χ1) is 8.72. The Labute approximate surface area is 110 Å². The number of anilines is 1. The van der Waals surface area contributed by atoms with E-state index < -0.39 is 0 Å². The molecule has 2 N–H and O–H groups in total. The summed E-state index contributed by atoms with van der Waals surface area (Å²) in [5.41, 5.74) is 7.90. The molecule has 0 spiro atoms. The topological polar surface area (TPSA) is 38.5 Å². The molecule has 100 valence electrons. The monoisotopic (exact) mass is 248 g/mol. The molecule has 0 bridgehead atoms. The number of nitrogen functional groups attached to an aromatic ring is 1. The van der Waals surface area contributed by atoms with Gasteiger partial charge in [-0.3, -0.25) is 4.90 Å². The molecular weight excluding hydrogens is 224 g/mol. The Morgan fingerprint density at radius 1 is 1.33 bits per heavy atom. The lowest BCUT2D eigenvalue weighted by atomic mass is 10.1. The van der Waals surface area contributed by atoms with Gasteiger partial charge in [0.25, 0.3) is 0 Å². The van der Waals surface area contributed by atoms with Gasteiger partial charge in [0.1, 0.15) is 5.75 Å². The lowest BCUT2D eigenvalue weighted by Crippen LogP contribution is -2.25. The summed E-state index contributed by atoms with van der Waals surface area (Å²) in [4.78, 5) is 2.48. The van der Waals surface area contributed by atoms with Gasteiger partial charge in [-0.2, -0.15) is 0 Å². The van der Waals surface area contributed by atoms with E-state index in [0.717, 1.165) is 30.4 Å². The van der Waals surface area contributed by atoms with Crippen LogP contribution in [0.15, 0.2) is 18.2 Å². The van der Waals surface area contributed by atoms with Crippen molar-refractivity contribution in [2.45, 2.75) is 33.2 Å². The van der Waals surface area contributed by atoms with Crippen LogP contribution in [-0.2, 0) is 6.54 Å². The highest BCUT2D eigenvalue weighted by Gasteiger charge is 2.24. The number of nitrogens with zero attached hydrogens (tertiary/aromatic N) is 1. The molecule has 1 fully saturated rings. The Hall–Kier alpha value is -1.22. The normalized spacial score (nSPS) is 15.1. The quantitative estimate of drug-likeness (QED) is 0.754. The fraction of sp³-hybridized carbons (Fsp3) is 0.600. The second-order valence-electron chi connectivity index (χ2n) is 5.07. The highest BCUT2D eigenvalue weighted by atomic mass is 16.5. The summed E-state index contributed by atoms with van der Waals surface area (Å²) in [6.07, 6.45) is 2.79. The molecule has 1 aromatic carbocycles. The van der Waals surface area contributed by atoms with Gasteiger partial charge >= 0.3 is 0 Å². The van der Waals surface area contributed by atoms with Gasteiger partial charge < -0.3 is 10.5 Å². The molecule has 3 nitrogen and oxygen atoms in total. The zero-order valence-corrected chi connectivity index (χ0v) is 11.5. The molecule has 0 saturated heterocycles. The lowest BCUT2D eigenvalue weighted by Gasteiger charge is -2.22. The minimum absolute atomic E-state index is 0.700. The molecule has 0 aromatic heterocycles. The fourth-order valence-electron chi connectivity index (χ4n) is 2.23. The molecule has 1 saturated carbocycles. The van der Waals surface area contributed by atoms with Crippen LogP contribution in [0.1, 0.15) is 32.3 Å². The molecule has 2 rings (SSSR count). The first-order valence-electron chi connectivity index (χ1n) is 6.96. The van der Waals surface area contributed by atoms with Crippen LogP contribution in [0.3, 0.4) is 0 Å². The minimum atomic E-state index is 0.700. The summed E-state index contributed by atoms with van der Waals surface area (Å²) >= 11 is 0. The van der Waals surface area contributed by atoms with Crippen LogP contribution in [0.4, 0.5) is 5.69 Å². The number of hydrogen-bond acceptors (Lipinski definition) is 3. The molecule has 0 aliphatic heterocycles. The number of nitrogens with two attached hydrogens (primary N) is 1. The largest absolute Gasteiger partial charge is 0.494 e. The van der Waals surface area contributed by atoms with Gasteiger partial charge in [-0.15, -0.1) is 0 Å². The molecule has 18 heavy (non-hydrogen) atoms. The van der Waals surface area contributed by atoms with E-state index in [4.69, 9.17) is 10.5 Å². The van der Waals surface area contributed by atoms with Crippen molar-refractivity contribution in [3.8, 4) is 5.75 Å². The zero-order valence-electron chi connectivity index (χ0n) is 11.5. The molecule has 0 amide bonds. The number of rotatable bonds is 7. The van der Waals surface area contributed by atoms with E-state index in [-0.39, 0.29) is 0 Å². The summed E-state index contributed by atoms with van der Waals surface area (Å²) < 4.78 is 5.68. The smallest absolute Gasteiger partial charge is 0.123 e. The standard InChI is InChI=1S/C15H24N2O/c1-3-17(10-12-5-6-12)11-13-9-14(16)7-8-15(13)18-4-2/h7-9,12H,3-6,10-11,16H2,1-2H3. The maximum absolute atomic E-state index is 5.88. The van der Waals surface area contributed by atoms with Gasteiger partial charge in [-0.05, 0) is 50.4 Å². The van der Waals surface area contributed by atoms with E-state index in [9.17, 15) is 0 Å². The van der Waals surface area contributed by atoms with Crippen molar-refractivity contribution in [2.24, 2.45) is 5.92 Å². The predicted octanol–water partition coefficient (Wildman–Crippen LogP) is 2.90. The Kier molecular flexibility index (Phi) is 4.48. The van der Waals surface area contributed by atoms with Crippen LogP contribution < -0.4 is 10.5 Å². The van der Waals surface area contributed by atoms with Gasteiger partial charge in [0.05, 0.1) is 6.61 Å². The average molecular weight is 248 g/mol. The molecule has 0 atom stereocenters. The second-order valence-corrected chi connectivity index (χ2v) is 5.07. The van der Waals surface area contributed by atoms with Crippen molar-refractivity contribution >= 4 is 5.69 Å². The summed E-state index contributed by atoms with van der Waals surface area (Å²) in [5.74, 6) is 1.89. The summed E-state index contributed by atoms with van der Waals surface area (Å²) in [5, 5.41) is 0. The van der Waals surface area contributed by atoms with E-state index in [1.54, 1.807) is 0 Å². The second kappa shape index (κ2) is 6.10. The van der Waals surface area contributed by atoms with E-state index in [0.29, 0.717) is 6.61 Å². The summed E-state index contributed by atoms with van der Waals surface area (Å²) in [6, 6.07) is 5.94. The summed E-state index contributed by atoms with van der Waals surface area (Å²) in [7, 11) is 0. The third-order valence-electron chi connectivity index (χ3n) is 3.44. The maximum atomic E-state index is 5.88. The van der Waals surface area contributed by atoms with E-state index in [2.05, 4.69) is 11.8 Å². The van der Waals surface area contributed by atoms with E-state index >= 15 is 0 Å². The number of benzene rings is 1. The fourth-order valence-corrected chi connectivity index (χ4v) is 2.23. The predicted molar refractivity (Wildman–Crippen MR) is 75.7 cm³/mol. The Morgan fingerprint density at radius 2 is 2.11 bits per heavy atom.